The van der Waals surface area contributed by atoms with Crippen LogP contribution in [0.3, 0.4) is 0 Å². The first-order valence-electron chi connectivity index (χ1n) is 17.2. The first-order valence-corrected chi connectivity index (χ1v) is 18.9. The topological polar surface area (TPSA) is 114 Å². The van der Waals surface area contributed by atoms with E-state index in [2.05, 4.69) is 16.0 Å². The van der Waals surface area contributed by atoms with Crippen LogP contribution in [0.2, 0.25) is 0 Å². The summed E-state index contributed by atoms with van der Waals surface area (Å²) in [5, 5.41) is 8.82. The number of esters is 1. The van der Waals surface area contributed by atoms with Crippen molar-refractivity contribution in [3.8, 4) is 11.1 Å². The molecule has 1 aliphatic rings. The van der Waals surface area contributed by atoms with Gasteiger partial charge in [0.05, 0.1) is 17.9 Å². The van der Waals surface area contributed by atoms with Crippen LogP contribution in [0.5, 0.6) is 0 Å². The number of carbonyl (C=O) groups excluding carboxylic acids is 4. The summed E-state index contributed by atoms with van der Waals surface area (Å²) in [5.41, 5.74) is 5.30. The number of anilines is 2. The number of nitrogens with one attached hydrogen (secondary N) is 3. The third-order valence-corrected chi connectivity index (χ3v) is 11.3. The molecule has 10 heteroatoms. The predicted octanol–water partition coefficient (Wildman–Crippen LogP) is 9.00. The molecule has 0 fully saturated rings. The van der Waals surface area contributed by atoms with Gasteiger partial charge in [0.1, 0.15) is 10.7 Å². The summed E-state index contributed by atoms with van der Waals surface area (Å²) in [4.78, 5) is 55.1. The summed E-state index contributed by atoms with van der Waals surface area (Å²) >= 11 is 2.83. The highest BCUT2D eigenvalue weighted by Crippen LogP contribution is 2.39. The fraction of sp³-hybridized carbons (Fsp3) is 0.190. The largest absolute Gasteiger partial charge is 0.465 e. The van der Waals surface area contributed by atoms with Crippen molar-refractivity contribution in [2.24, 2.45) is 0 Å². The Morgan fingerprint density at radius 3 is 2.23 bits per heavy atom. The Morgan fingerprint density at radius 2 is 1.52 bits per heavy atom. The Hall–Kier alpha value is -5.45. The standard InChI is InChI=1S/C42H39N3O5S2/c1-3-35(40(48)45-41-37(42(49)50-2)33-19-10-11-20-36(33)52-41)51-32-18-12-17-31(26-32)43-39(47)34(44-38(46)30-15-8-5-9-16-30)25-27-21-23-29(24-22-27)28-13-6-4-7-14-28/h4-9,12-18,21-26,35H,3,10-11,19-20H2,1-2H3,(H,43,47)(H,44,46)(H,45,48)/b34-25+. The van der Waals surface area contributed by atoms with E-state index in [0.717, 1.165) is 57.7 Å². The lowest BCUT2D eigenvalue weighted by Crippen LogP contribution is -2.30. The van der Waals surface area contributed by atoms with Crippen LogP contribution in [-0.2, 0) is 27.2 Å². The van der Waals surface area contributed by atoms with E-state index >= 15 is 0 Å². The van der Waals surface area contributed by atoms with Gasteiger partial charge in [0, 0.05) is 21.0 Å². The first-order chi connectivity index (χ1) is 25.3. The monoisotopic (exact) mass is 729 g/mol. The fourth-order valence-electron chi connectivity index (χ4n) is 6.01. The van der Waals surface area contributed by atoms with Crippen molar-refractivity contribution in [3.63, 3.8) is 0 Å². The average molecular weight is 730 g/mol. The number of rotatable bonds is 12. The molecular formula is C42H39N3O5S2. The molecule has 0 saturated carbocycles. The Morgan fingerprint density at radius 1 is 0.827 bits per heavy atom. The van der Waals surface area contributed by atoms with E-state index in [-0.39, 0.29) is 11.6 Å². The normalized spacial score (nSPS) is 13.0. The Bertz CT molecular complexity index is 2090. The molecular weight excluding hydrogens is 691 g/mol. The minimum atomic E-state index is -0.500. The molecule has 6 rings (SSSR count). The number of hydrogen-bond donors (Lipinski definition) is 3. The Kier molecular flexibility index (Phi) is 12.0. The van der Waals surface area contributed by atoms with Crippen LogP contribution in [0.25, 0.3) is 17.2 Å². The molecule has 0 saturated heterocycles. The van der Waals surface area contributed by atoms with Gasteiger partial charge in [-0.15, -0.1) is 23.1 Å². The predicted molar refractivity (Wildman–Crippen MR) is 210 cm³/mol. The maximum absolute atomic E-state index is 13.8. The number of hydrogen-bond acceptors (Lipinski definition) is 7. The second kappa shape index (κ2) is 17.2. The van der Waals surface area contributed by atoms with Crippen molar-refractivity contribution in [1.82, 2.24) is 5.32 Å². The van der Waals surface area contributed by atoms with Crippen molar-refractivity contribution in [2.75, 3.05) is 17.7 Å². The molecule has 52 heavy (non-hydrogen) atoms. The van der Waals surface area contributed by atoms with Gasteiger partial charge >= 0.3 is 5.97 Å². The molecule has 0 spiro atoms. The summed E-state index contributed by atoms with van der Waals surface area (Å²) in [7, 11) is 1.36. The molecule has 0 aliphatic heterocycles. The lowest BCUT2D eigenvalue weighted by Gasteiger charge is -2.16. The third-order valence-electron chi connectivity index (χ3n) is 8.69. The summed E-state index contributed by atoms with van der Waals surface area (Å²) in [5.74, 6) is -1.56. The summed E-state index contributed by atoms with van der Waals surface area (Å²) in [6.07, 6.45) is 5.92. The molecule has 1 atom stereocenters. The Labute approximate surface area is 311 Å². The van der Waals surface area contributed by atoms with E-state index in [4.69, 9.17) is 4.74 Å². The summed E-state index contributed by atoms with van der Waals surface area (Å²) in [6.45, 7) is 1.93. The zero-order chi connectivity index (χ0) is 36.5. The Balaban J connectivity index is 1.18. The molecule has 3 amide bonds. The van der Waals surface area contributed by atoms with Gasteiger partial charge < -0.3 is 20.7 Å². The van der Waals surface area contributed by atoms with Crippen LogP contribution in [0.4, 0.5) is 10.7 Å². The van der Waals surface area contributed by atoms with Gasteiger partial charge in [-0.05, 0) is 90.8 Å². The number of aryl methyl sites for hydroxylation is 1. The van der Waals surface area contributed by atoms with Crippen LogP contribution >= 0.6 is 23.1 Å². The van der Waals surface area contributed by atoms with E-state index in [1.165, 1.54) is 30.2 Å². The zero-order valence-electron chi connectivity index (χ0n) is 28.9. The highest BCUT2D eigenvalue weighted by atomic mass is 32.2. The molecule has 3 N–H and O–H groups in total. The van der Waals surface area contributed by atoms with Crippen molar-refractivity contribution >= 4 is 63.6 Å². The van der Waals surface area contributed by atoms with Crippen LogP contribution in [0, 0.1) is 0 Å². The first kappa shape index (κ1) is 36.3. The maximum atomic E-state index is 13.8. The number of carbonyl (C=O) groups is 4. The van der Waals surface area contributed by atoms with Crippen LogP contribution in [0.15, 0.2) is 120 Å². The van der Waals surface area contributed by atoms with Crippen molar-refractivity contribution < 1.29 is 23.9 Å². The van der Waals surface area contributed by atoms with Gasteiger partial charge in [0.15, 0.2) is 0 Å². The number of methoxy groups -OCH3 is 1. The molecule has 1 aromatic heterocycles. The highest BCUT2D eigenvalue weighted by Gasteiger charge is 2.29. The molecule has 0 radical (unpaired) electrons. The highest BCUT2D eigenvalue weighted by molar-refractivity contribution is 8.00. The lowest BCUT2D eigenvalue weighted by atomic mass is 9.95. The second-order valence-corrected chi connectivity index (χ2v) is 14.6. The summed E-state index contributed by atoms with van der Waals surface area (Å²) < 4.78 is 5.07. The van der Waals surface area contributed by atoms with E-state index in [9.17, 15) is 19.2 Å². The average Bonchev–Trinajstić information content (AvgIpc) is 3.55. The van der Waals surface area contributed by atoms with E-state index in [0.29, 0.717) is 28.2 Å². The van der Waals surface area contributed by atoms with Gasteiger partial charge in [0.2, 0.25) is 5.91 Å². The fourth-order valence-corrected chi connectivity index (χ4v) is 8.30. The number of thioether (sulfide) groups is 1. The van der Waals surface area contributed by atoms with Gasteiger partial charge in [0.25, 0.3) is 11.8 Å². The number of benzene rings is 4. The molecule has 264 valence electrons. The van der Waals surface area contributed by atoms with E-state index < -0.39 is 23.0 Å². The molecule has 1 heterocycles. The number of fused-ring (bicyclic) bond motifs is 1. The third kappa shape index (κ3) is 8.88. The van der Waals surface area contributed by atoms with Crippen molar-refractivity contribution in [2.45, 2.75) is 49.2 Å². The molecule has 1 aliphatic carbocycles. The van der Waals surface area contributed by atoms with Crippen LogP contribution in [-0.4, -0.2) is 36.1 Å². The minimum absolute atomic E-state index is 0.0743. The zero-order valence-corrected chi connectivity index (χ0v) is 30.6. The lowest BCUT2D eigenvalue weighted by molar-refractivity contribution is -0.116. The number of thiophene rings is 1. The molecule has 0 bridgehead atoms. The second-order valence-electron chi connectivity index (χ2n) is 12.3. The minimum Gasteiger partial charge on any atom is -0.465 e. The molecule has 8 nitrogen and oxygen atoms in total. The van der Waals surface area contributed by atoms with E-state index in [1.807, 2.05) is 73.7 Å². The van der Waals surface area contributed by atoms with Gasteiger partial charge in [-0.1, -0.05) is 85.8 Å². The smallest absolute Gasteiger partial charge is 0.341 e. The molecule has 1 unspecified atom stereocenters. The number of ether oxygens (including phenoxy) is 1. The van der Waals surface area contributed by atoms with Crippen molar-refractivity contribution in [3.05, 3.63) is 142 Å². The van der Waals surface area contributed by atoms with Gasteiger partial charge in [-0.25, -0.2) is 4.79 Å². The molecule has 5 aromatic rings. The SMILES string of the molecule is CCC(Sc1cccc(NC(=O)/C(=C\c2ccc(-c3ccccc3)cc2)NC(=O)c2ccccc2)c1)C(=O)Nc1sc2c(c1C(=O)OC)CCCC2. The quantitative estimate of drug-likeness (QED) is 0.0671. The van der Waals surface area contributed by atoms with Gasteiger partial charge in [-0.3, -0.25) is 14.4 Å². The van der Waals surface area contributed by atoms with Crippen LogP contribution < -0.4 is 16.0 Å². The van der Waals surface area contributed by atoms with E-state index in [1.54, 1.807) is 48.5 Å². The molecule has 4 aromatic carbocycles. The van der Waals surface area contributed by atoms with Gasteiger partial charge in [-0.2, -0.15) is 0 Å². The van der Waals surface area contributed by atoms with Crippen LogP contribution in [0.1, 0.15) is 62.9 Å². The number of amides is 3. The summed E-state index contributed by atoms with van der Waals surface area (Å²) in [6, 6.07) is 33.7. The van der Waals surface area contributed by atoms with Crippen molar-refractivity contribution in [1.29, 1.82) is 0 Å². The maximum Gasteiger partial charge on any atom is 0.341 e.